The Morgan fingerprint density at radius 3 is 2.73 bits per heavy atom. The molecule has 0 saturated carbocycles. The number of hydrogen-bond donors (Lipinski definition) is 0. The number of nitro benzene ring substituents is 1. The van der Waals surface area contributed by atoms with Crippen molar-refractivity contribution in [3.8, 4) is 5.75 Å². The zero-order valence-electron chi connectivity index (χ0n) is 11.8. The maximum Gasteiger partial charge on any atom is 0.341 e. The number of aryl methyl sites for hydroxylation is 1. The first-order chi connectivity index (χ1) is 10.4. The number of furan rings is 1. The lowest BCUT2D eigenvalue weighted by molar-refractivity contribution is -0.384. The minimum absolute atomic E-state index is 0.0232. The average Bonchev–Trinajstić information content (AvgIpc) is 2.86. The quantitative estimate of drug-likeness (QED) is 0.474. The molecule has 0 radical (unpaired) electrons. The fraction of sp³-hybridized carbons (Fsp3) is 0.214. The van der Waals surface area contributed by atoms with Crippen molar-refractivity contribution in [1.29, 1.82) is 0 Å². The van der Waals surface area contributed by atoms with Gasteiger partial charge in [-0.1, -0.05) is 11.6 Å². The van der Waals surface area contributed by atoms with Crippen molar-refractivity contribution in [3.05, 3.63) is 56.5 Å². The first-order valence-corrected chi connectivity index (χ1v) is 6.54. The highest BCUT2D eigenvalue weighted by atomic mass is 35.5. The zero-order valence-corrected chi connectivity index (χ0v) is 12.5. The van der Waals surface area contributed by atoms with Gasteiger partial charge in [0.05, 0.1) is 17.1 Å². The van der Waals surface area contributed by atoms with Gasteiger partial charge in [-0.3, -0.25) is 10.1 Å². The Hall–Kier alpha value is -2.54. The third-order valence-corrected chi connectivity index (χ3v) is 3.17. The van der Waals surface area contributed by atoms with E-state index in [1.54, 1.807) is 6.92 Å². The summed E-state index contributed by atoms with van der Waals surface area (Å²) < 4.78 is 15.4. The van der Waals surface area contributed by atoms with Crippen LogP contribution in [0.1, 0.15) is 21.9 Å². The summed E-state index contributed by atoms with van der Waals surface area (Å²) in [6.45, 7) is 1.66. The number of rotatable bonds is 5. The van der Waals surface area contributed by atoms with Crippen LogP contribution in [0.4, 0.5) is 5.69 Å². The van der Waals surface area contributed by atoms with Crippen LogP contribution >= 0.6 is 11.6 Å². The van der Waals surface area contributed by atoms with Gasteiger partial charge in [-0.15, -0.1) is 0 Å². The Labute approximate surface area is 130 Å². The molecular weight excluding hydrogens is 314 g/mol. The van der Waals surface area contributed by atoms with E-state index in [1.807, 2.05) is 0 Å². The van der Waals surface area contributed by atoms with Crippen LogP contribution in [0.15, 0.2) is 28.7 Å². The molecule has 2 rings (SSSR count). The molecule has 1 heterocycles. The summed E-state index contributed by atoms with van der Waals surface area (Å²) >= 11 is 5.91. The lowest BCUT2D eigenvalue weighted by atomic mass is 10.2. The molecule has 116 valence electrons. The van der Waals surface area contributed by atoms with Crippen molar-refractivity contribution >= 4 is 23.3 Å². The first-order valence-electron chi connectivity index (χ1n) is 6.16. The summed E-state index contributed by atoms with van der Waals surface area (Å²) in [5.41, 5.74) is 0.190. The molecule has 2 aromatic rings. The Morgan fingerprint density at radius 1 is 1.41 bits per heavy atom. The van der Waals surface area contributed by atoms with E-state index in [0.29, 0.717) is 17.1 Å². The standard InChI is InChI=1S/C14H12ClNO6/c1-8-11(14(17)20-2)6-10(22-8)7-21-13-4-3-9(16(18)19)5-12(13)15/h3-6H,7H2,1-2H3. The molecule has 8 heteroatoms. The van der Waals surface area contributed by atoms with E-state index in [0.717, 1.165) is 0 Å². The van der Waals surface area contributed by atoms with Crippen LogP contribution in [0.3, 0.4) is 0 Å². The first kappa shape index (κ1) is 15.8. The molecule has 0 atom stereocenters. The van der Waals surface area contributed by atoms with Crippen LogP contribution in [-0.2, 0) is 11.3 Å². The predicted octanol–water partition coefficient (Wildman–Crippen LogP) is 3.52. The number of ether oxygens (including phenoxy) is 2. The molecule has 0 amide bonds. The summed E-state index contributed by atoms with van der Waals surface area (Å²) in [7, 11) is 1.28. The number of carbonyl (C=O) groups excluding carboxylic acids is 1. The molecule has 0 aliphatic heterocycles. The van der Waals surface area contributed by atoms with Crippen LogP contribution < -0.4 is 4.74 Å². The van der Waals surface area contributed by atoms with Gasteiger partial charge in [0.1, 0.15) is 29.4 Å². The van der Waals surface area contributed by atoms with Crippen molar-refractivity contribution in [1.82, 2.24) is 0 Å². The normalized spacial score (nSPS) is 10.3. The fourth-order valence-corrected chi connectivity index (χ4v) is 2.03. The number of benzene rings is 1. The van der Waals surface area contributed by atoms with Gasteiger partial charge < -0.3 is 13.9 Å². The van der Waals surface area contributed by atoms with E-state index >= 15 is 0 Å². The Morgan fingerprint density at radius 2 is 2.14 bits per heavy atom. The van der Waals surface area contributed by atoms with Crippen molar-refractivity contribution < 1.29 is 23.6 Å². The van der Waals surface area contributed by atoms with E-state index < -0.39 is 10.9 Å². The minimum atomic E-state index is -0.547. The van der Waals surface area contributed by atoms with Crippen molar-refractivity contribution in [3.63, 3.8) is 0 Å². The summed E-state index contributed by atoms with van der Waals surface area (Å²) in [6, 6.07) is 5.40. The third kappa shape index (κ3) is 3.37. The number of esters is 1. The highest BCUT2D eigenvalue weighted by Gasteiger charge is 2.16. The van der Waals surface area contributed by atoms with Crippen LogP contribution in [0, 0.1) is 17.0 Å². The Balaban J connectivity index is 2.10. The van der Waals surface area contributed by atoms with Gasteiger partial charge in [0, 0.05) is 12.1 Å². The second kappa shape index (κ2) is 6.48. The van der Waals surface area contributed by atoms with Gasteiger partial charge in [0.15, 0.2) is 0 Å². The number of non-ortho nitro benzene ring substituents is 1. The van der Waals surface area contributed by atoms with E-state index in [4.69, 9.17) is 20.8 Å². The minimum Gasteiger partial charge on any atom is -0.484 e. The monoisotopic (exact) mass is 325 g/mol. The molecule has 0 saturated heterocycles. The fourth-order valence-electron chi connectivity index (χ4n) is 1.80. The smallest absolute Gasteiger partial charge is 0.341 e. The number of halogens is 1. The van der Waals surface area contributed by atoms with Crippen LogP contribution in [0.2, 0.25) is 5.02 Å². The highest BCUT2D eigenvalue weighted by Crippen LogP contribution is 2.29. The van der Waals surface area contributed by atoms with E-state index in [1.165, 1.54) is 31.4 Å². The molecule has 22 heavy (non-hydrogen) atoms. The molecule has 0 unspecified atom stereocenters. The molecule has 0 fully saturated rings. The summed E-state index contributed by atoms with van der Waals surface area (Å²) in [4.78, 5) is 21.5. The van der Waals surface area contributed by atoms with E-state index in [-0.39, 0.29) is 23.1 Å². The Bertz CT molecular complexity index is 724. The van der Waals surface area contributed by atoms with E-state index in [2.05, 4.69) is 4.74 Å². The lowest BCUT2D eigenvalue weighted by Gasteiger charge is -2.05. The van der Waals surface area contributed by atoms with Gasteiger partial charge in [-0.25, -0.2) is 4.79 Å². The zero-order chi connectivity index (χ0) is 16.3. The largest absolute Gasteiger partial charge is 0.484 e. The van der Waals surface area contributed by atoms with Gasteiger partial charge in [0.25, 0.3) is 5.69 Å². The third-order valence-electron chi connectivity index (χ3n) is 2.87. The molecular formula is C14H12ClNO6. The number of hydrogen-bond acceptors (Lipinski definition) is 6. The summed E-state index contributed by atoms with van der Waals surface area (Å²) in [6.07, 6.45) is 0. The van der Waals surface area contributed by atoms with Gasteiger partial charge in [-0.2, -0.15) is 0 Å². The number of methoxy groups -OCH3 is 1. The molecule has 0 aliphatic carbocycles. The van der Waals surface area contributed by atoms with Gasteiger partial charge in [0.2, 0.25) is 0 Å². The number of carbonyl (C=O) groups is 1. The summed E-state index contributed by atoms with van der Waals surface area (Å²) in [5, 5.41) is 10.7. The molecule has 7 nitrogen and oxygen atoms in total. The summed E-state index contributed by atoms with van der Waals surface area (Å²) in [5.74, 6) is 0.606. The van der Waals surface area contributed by atoms with E-state index in [9.17, 15) is 14.9 Å². The molecule has 1 aromatic carbocycles. The second-order valence-corrected chi connectivity index (χ2v) is 4.74. The van der Waals surface area contributed by atoms with Crippen molar-refractivity contribution in [2.45, 2.75) is 13.5 Å². The number of nitrogens with zero attached hydrogens (tertiary/aromatic N) is 1. The van der Waals surface area contributed by atoms with Crippen LogP contribution in [0.25, 0.3) is 0 Å². The van der Waals surface area contributed by atoms with Crippen molar-refractivity contribution in [2.24, 2.45) is 0 Å². The van der Waals surface area contributed by atoms with Gasteiger partial charge >= 0.3 is 5.97 Å². The Kier molecular flexibility index (Phi) is 4.67. The number of nitro groups is 1. The maximum atomic E-state index is 11.5. The molecule has 0 aliphatic rings. The lowest BCUT2D eigenvalue weighted by Crippen LogP contribution is -2.00. The highest BCUT2D eigenvalue weighted by molar-refractivity contribution is 6.32. The second-order valence-electron chi connectivity index (χ2n) is 4.33. The average molecular weight is 326 g/mol. The van der Waals surface area contributed by atoms with Crippen LogP contribution in [0.5, 0.6) is 5.75 Å². The van der Waals surface area contributed by atoms with Crippen LogP contribution in [-0.4, -0.2) is 18.0 Å². The maximum absolute atomic E-state index is 11.5. The van der Waals surface area contributed by atoms with Gasteiger partial charge in [-0.05, 0) is 19.1 Å². The topological polar surface area (TPSA) is 91.8 Å². The predicted molar refractivity (Wildman–Crippen MR) is 77.2 cm³/mol. The molecule has 1 aromatic heterocycles. The molecule has 0 N–H and O–H groups in total. The SMILES string of the molecule is COC(=O)c1cc(COc2ccc([N+](=O)[O-])cc2Cl)oc1C. The molecule has 0 spiro atoms. The van der Waals surface area contributed by atoms with Crippen molar-refractivity contribution in [2.75, 3.05) is 7.11 Å². The molecule has 0 bridgehead atoms.